The Labute approximate surface area is 125 Å². The predicted molar refractivity (Wildman–Crippen MR) is 83.3 cm³/mol. The molecule has 0 radical (unpaired) electrons. The van der Waals surface area contributed by atoms with Crippen molar-refractivity contribution >= 4 is 17.4 Å². The molecule has 20 heavy (non-hydrogen) atoms. The maximum atomic E-state index is 6.01. The van der Waals surface area contributed by atoms with Crippen molar-refractivity contribution in [2.24, 2.45) is 0 Å². The first-order chi connectivity index (χ1) is 9.40. The van der Waals surface area contributed by atoms with Crippen molar-refractivity contribution in [2.75, 3.05) is 11.9 Å². The lowest BCUT2D eigenvalue weighted by Crippen LogP contribution is -2.21. The number of hydrogen-bond donors (Lipinski definition) is 0. The number of pyridine rings is 1. The molecule has 0 fully saturated rings. The first kappa shape index (κ1) is 14.9. The van der Waals surface area contributed by atoms with Crippen molar-refractivity contribution in [1.29, 1.82) is 0 Å². The summed E-state index contributed by atoms with van der Waals surface area (Å²) in [6, 6.07) is 6.09. The van der Waals surface area contributed by atoms with Gasteiger partial charge in [0.05, 0.1) is 12.5 Å². The molecule has 108 valence electrons. The number of furan rings is 1. The zero-order valence-electron chi connectivity index (χ0n) is 12.5. The third kappa shape index (κ3) is 3.54. The van der Waals surface area contributed by atoms with Gasteiger partial charge < -0.3 is 9.32 Å². The molecule has 2 aromatic heterocycles. The number of aromatic nitrogens is 1. The summed E-state index contributed by atoms with van der Waals surface area (Å²) in [7, 11) is 2.03. The number of nitrogens with zero attached hydrogens (tertiary/aromatic N) is 2. The Morgan fingerprint density at radius 3 is 2.55 bits per heavy atom. The zero-order chi connectivity index (χ0) is 14.8. The topological polar surface area (TPSA) is 29.3 Å². The molecule has 0 aliphatic heterocycles. The van der Waals surface area contributed by atoms with Gasteiger partial charge in [-0.2, -0.15) is 0 Å². The van der Waals surface area contributed by atoms with Crippen LogP contribution in [0, 0.1) is 0 Å². The molecule has 0 aliphatic carbocycles. The summed E-state index contributed by atoms with van der Waals surface area (Å²) < 4.78 is 5.11. The number of halogens is 1. The Kier molecular flexibility index (Phi) is 4.39. The van der Waals surface area contributed by atoms with Crippen LogP contribution in [0.15, 0.2) is 35.1 Å². The van der Waals surface area contributed by atoms with E-state index in [4.69, 9.17) is 21.0 Å². The Balaban J connectivity index is 2.30. The summed E-state index contributed by atoms with van der Waals surface area (Å²) in [6.07, 6.45) is 3.44. The molecule has 3 nitrogen and oxygen atoms in total. The van der Waals surface area contributed by atoms with Crippen LogP contribution in [0.5, 0.6) is 0 Å². The number of rotatable bonds is 4. The third-order valence-corrected chi connectivity index (χ3v) is 3.49. The fraction of sp³-hybridized carbons (Fsp3) is 0.438. The van der Waals surface area contributed by atoms with Crippen molar-refractivity contribution in [3.63, 3.8) is 0 Å². The average molecular weight is 293 g/mol. The van der Waals surface area contributed by atoms with Gasteiger partial charge >= 0.3 is 0 Å². The van der Waals surface area contributed by atoms with E-state index in [0.717, 1.165) is 29.2 Å². The molecular formula is C16H21ClN2O. The number of alkyl halides is 1. The van der Waals surface area contributed by atoms with Crippen LogP contribution in [0.4, 0.5) is 5.82 Å². The minimum atomic E-state index is 0.00724. The molecule has 2 rings (SSSR count). The van der Waals surface area contributed by atoms with Gasteiger partial charge in [-0.05, 0) is 23.8 Å². The van der Waals surface area contributed by atoms with Gasteiger partial charge in [-0.15, -0.1) is 11.6 Å². The summed E-state index contributed by atoms with van der Waals surface area (Å²) in [5.74, 6) is 1.44. The molecule has 2 heterocycles. The fourth-order valence-corrected chi connectivity index (χ4v) is 2.12. The van der Waals surface area contributed by atoms with E-state index in [1.807, 2.05) is 19.2 Å². The lowest BCUT2D eigenvalue weighted by atomic mass is 9.91. The molecule has 0 saturated carbocycles. The van der Waals surface area contributed by atoms with E-state index >= 15 is 0 Å². The van der Waals surface area contributed by atoms with Gasteiger partial charge in [-0.1, -0.05) is 20.8 Å². The standard InChI is InChI=1S/C16H21ClN2O/c1-16(2,3)14-7-13(9-17)8-15(18-14)19(4)10-12-5-6-20-11-12/h5-8,11H,9-10H2,1-4H3. The third-order valence-electron chi connectivity index (χ3n) is 3.19. The van der Waals surface area contributed by atoms with Crippen LogP contribution >= 0.6 is 11.6 Å². The highest BCUT2D eigenvalue weighted by molar-refractivity contribution is 6.17. The minimum absolute atomic E-state index is 0.00724. The summed E-state index contributed by atoms with van der Waals surface area (Å²) in [6.45, 7) is 7.24. The first-order valence-corrected chi connectivity index (χ1v) is 7.23. The molecule has 0 aliphatic rings. The van der Waals surface area contributed by atoms with E-state index in [1.54, 1.807) is 12.5 Å². The smallest absolute Gasteiger partial charge is 0.129 e. The zero-order valence-corrected chi connectivity index (χ0v) is 13.2. The normalized spacial score (nSPS) is 11.7. The maximum Gasteiger partial charge on any atom is 0.129 e. The number of anilines is 1. The van der Waals surface area contributed by atoms with Gasteiger partial charge in [0.15, 0.2) is 0 Å². The minimum Gasteiger partial charge on any atom is -0.472 e. The van der Waals surface area contributed by atoms with Crippen LogP contribution in [-0.2, 0) is 17.8 Å². The molecule has 4 heteroatoms. The summed E-state index contributed by atoms with van der Waals surface area (Å²) in [5.41, 5.74) is 3.29. The highest BCUT2D eigenvalue weighted by atomic mass is 35.5. The van der Waals surface area contributed by atoms with Crippen molar-refractivity contribution in [3.8, 4) is 0 Å². The SMILES string of the molecule is CN(Cc1ccoc1)c1cc(CCl)cc(C(C)(C)C)n1. The maximum absolute atomic E-state index is 6.01. The van der Waals surface area contributed by atoms with Crippen LogP contribution in [0.3, 0.4) is 0 Å². The Morgan fingerprint density at radius 2 is 2.00 bits per heavy atom. The van der Waals surface area contributed by atoms with Crippen LogP contribution < -0.4 is 4.90 Å². The first-order valence-electron chi connectivity index (χ1n) is 6.70. The monoisotopic (exact) mass is 292 g/mol. The second kappa shape index (κ2) is 5.88. The van der Waals surface area contributed by atoms with E-state index < -0.39 is 0 Å². The van der Waals surface area contributed by atoms with Crippen molar-refractivity contribution in [2.45, 2.75) is 38.6 Å². The van der Waals surface area contributed by atoms with Gasteiger partial charge in [-0.25, -0.2) is 4.98 Å². The van der Waals surface area contributed by atoms with E-state index in [1.165, 1.54) is 0 Å². The van der Waals surface area contributed by atoms with Gasteiger partial charge in [0.25, 0.3) is 0 Å². The van der Waals surface area contributed by atoms with Crippen LogP contribution in [0.2, 0.25) is 0 Å². The second-order valence-corrected chi connectivity index (χ2v) is 6.36. The molecule has 0 spiro atoms. The van der Waals surface area contributed by atoms with Gasteiger partial charge in [0.1, 0.15) is 5.82 Å². The Bertz CT molecular complexity index is 558. The lowest BCUT2D eigenvalue weighted by Gasteiger charge is -2.23. The molecule has 0 bridgehead atoms. The van der Waals surface area contributed by atoms with E-state index in [-0.39, 0.29) is 5.41 Å². The van der Waals surface area contributed by atoms with Crippen LogP contribution in [0.25, 0.3) is 0 Å². The Hall–Kier alpha value is -1.48. The summed E-state index contributed by atoms with van der Waals surface area (Å²) >= 11 is 6.01. The predicted octanol–water partition coefficient (Wildman–Crippen LogP) is 4.35. The molecule has 0 saturated heterocycles. The quantitative estimate of drug-likeness (QED) is 0.785. The second-order valence-electron chi connectivity index (χ2n) is 6.09. The van der Waals surface area contributed by atoms with E-state index in [0.29, 0.717) is 5.88 Å². The average Bonchev–Trinajstić information content (AvgIpc) is 2.90. The highest BCUT2D eigenvalue weighted by Crippen LogP contribution is 2.25. The van der Waals surface area contributed by atoms with E-state index in [2.05, 4.69) is 31.7 Å². The largest absolute Gasteiger partial charge is 0.472 e. The van der Waals surface area contributed by atoms with Gasteiger partial charge in [0, 0.05) is 36.1 Å². The number of hydrogen-bond acceptors (Lipinski definition) is 3. The van der Waals surface area contributed by atoms with Crippen molar-refractivity contribution in [3.05, 3.63) is 47.5 Å². The van der Waals surface area contributed by atoms with Crippen molar-refractivity contribution < 1.29 is 4.42 Å². The molecular weight excluding hydrogens is 272 g/mol. The van der Waals surface area contributed by atoms with Crippen molar-refractivity contribution in [1.82, 2.24) is 4.98 Å². The van der Waals surface area contributed by atoms with Crippen LogP contribution in [0.1, 0.15) is 37.6 Å². The molecule has 0 N–H and O–H groups in total. The molecule has 0 aromatic carbocycles. The highest BCUT2D eigenvalue weighted by Gasteiger charge is 2.18. The van der Waals surface area contributed by atoms with E-state index in [9.17, 15) is 0 Å². The fourth-order valence-electron chi connectivity index (χ4n) is 1.97. The Morgan fingerprint density at radius 1 is 1.25 bits per heavy atom. The lowest BCUT2D eigenvalue weighted by molar-refractivity contribution is 0.562. The van der Waals surface area contributed by atoms with Crippen LogP contribution in [-0.4, -0.2) is 12.0 Å². The summed E-state index contributed by atoms with van der Waals surface area (Å²) in [5, 5.41) is 0. The molecule has 0 atom stereocenters. The molecule has 2 aromatic rings. The molecule has 0 amide bonds. The molecule has 0 unspecified atom stereocenters. The van der Waals surface area contributed by atoms with Gasteiger partial charge in [-0.3, -0.25) is 0 Å². The van der Waals surface area contributed by atoms with Gasteiger partial charge in [0.2, 0.25) is 0 Å². The summed E-state index contributed by atoms with van der Waals surface area (Å²) in [4.78, 5) is 6.88.